The van der Waals surface area contributed by atoms with Crippen LogP contribution in [0.25, 0.3) is 12.2 Å². The number of hydrogen-bond donors (Lipinski definition) is 2. The fourth-order valence-electron chi connectivity index (χ4n) is 4.15. The Morgan fingerprint density at radius 3 is 1.17 bits per heavy atom. The summed E-state index contributed by atoms with van der Waals surface area (Å²) in [5, 5.41) is 17.1. The van der Waals surface area contributed by atoms with Crippen LogP contribution in [0.3, 0.4) is 0 Å². The molecule has 0 spiro atoms. The molecule has 9 heteroatoms. The normalized spacial score (nSPS) is 13.3. The van der Waals surface area contributed by atoms with E-state index in [0.29, 0.717) is 32.3 Å². The van der Waals surface area contributed by atoms with E-state index in [2.05, 4.69) is 0 Å². The molecule has 4 aromatic rings. The molecule has 0 bridgehead atoms. The molecule has 0 saturated heterocycles. The first-order valence-corrected chi connectivity index (χ1v) is 14.7. The van der Waals surface area contributed by atoms with Crippen LogP contribution >= 0.6 is 23.2 Å². The summed E-state index contributed by atoms with van der Waals surface area (Å²) >= 11 is 12.2. The van der Waals surface area contributed by atoms with Crippen molar-refractivity contribution in [2.24, 2.45) is 0 Å². The van der Waals surface area contributed by atoms with Crippen LogP contribution in [0.2, 0.25) is 10.0 Å². The molecule has 0 aromatic heterocycles. The molecule has 0 radical (unpaired) electrons. The molecule has 0 aliphatic heterocycles. The summed E-state index contributed by atoms with van der Waals surface area (Å²) in [5.41, 5.74) is 2.47. The molecular weight excluding hydrogens is 583 g/mol. The van der Waals surface area contributed by atoms with Crippen LogP contribution in [-0.2, 0) is 9.84 Å². The van der Waals surface area contributed by atoms with Crippen molar-refractivity contribution in [3.05, 3.63) is 153 Å². The van der Waals surface area contributed by atoms with E-state index < -0.39 is 32.3 Å². The van der Waals surface area contributed by atoms with E-state index in [1.165, 1.54) is 24.3 Å². The Morgan fingerprint density at radius 1 is 0.561 bits per heavy atom. The van der Waals surface area contributed by atoms with Gasteiger partial charge < -0.3 is 10.2 Å². The smallest absolute Gasteiger partial charge is 0.335 e. The summed E-state index contributed by atoms with van der Waals surface area (Å²) in [6.45, 7) is 0. The monoisotopic (exact) mass is 606 g/mol. The highest BCUT2D eigenvalue weighted by atomic mass is 35.5. The van der Waals surface area contributed by atoms with Crippen molar-refractivity contribution >= 4 is 57.1 Å². The Bertz CT molecular complexity index is 1570. The zero-order chi connectivity index (χ0) is 29.6. The number of hydrogen-bond acceptors (Lipinski definition) is 4. The fraction of sp³-hybridized carbons (Fsp3) is 0.0625. The lowest BCUT2D eigenvalue weighted by molar-refractivity contribution is 0.0686. The van der Waals surface area contributed by atoms with Crippen molar-refractivity contribution in [3.63, 3.8) is 0 Å². The third-order valence-corrected chi connectivity index (χ3v) is 9.13. The van der Waals surface area contributed by atoms with E-state index in [1.54, 1.807) is 97.1 Å². The molecule has 2 atom stereocenters. The van der Waals surface area contributed by atoms with E-state index in [0.717, 1.165) is 0 Å². The van der Waals surface area contributed by atoms with Gasteiger partial charge in [0.05, 0.1) is 11.1 Å². The van der Waals surface area contributed by atoms with Gasteiger partial charge in [0.25, 0.3) is 0 Å². The molecule has 0 amide bonds. The Balaban J connectivity index is 1.79. The zero-order valence-electron chi connectivity index (χ0n) is 21.4. The number of sulfone groups is 1. The molecule has 2 N–H and O–H groups in total. The number of halogens is 2. The maximum atomic E-state index is 14.4. The number of rotatable bonds is 10. The van der Waals surface area contributed by atoms with Crippen LogP contribution in [0.1, 0.15) is 53.5 Å². The average Bonchev–Trinajstić information content (AvgIpc) is 2.95. The average molecular weight is 608 g/mol. The van der Waals surface area contributed by atoms with Crippen molar-refractivity contribution in [3.8, 4) is 0 Å². The van der Waals surface area contributed by atoms with E-state index in [4.69, 9.17) is 23.2 Å². The highest BCUT2D eigenvalue weighted by Crippen LogP contribution is 2.38. The largest absolute Gasteiger partial charge is 0.478 e. The van der Waals surface area contributed by atoms with Crippen molar-refractivity contribution < 1.29 is 28.2 Å². The third-order valence-electron chi connectivity index (χ3n) is 6.35. The first kappa shape index (κ1) is 29.8. The van der Waals surface area contributed by atoms with Crippen molar-refractivity contribution in [1.29, 1.82) is 0 Å². The van der Waals surface area contributed by atoms with Gasteiger partial charge in [0.2, 0.25) is 0 Å². The van der Waals surface area contributed by atoms with Crippen molar-refractivity contribution in [2.75, 3.05) is 0 Å². The summed E-state index contributed by atoms with van der Waals surface area (Å²) in [5.74, 6) is -2.12. The summed E-state index contributed by atoms with van der Waals surface area (Å²) in [6.07, 6.45) is 6.39. The molecular formula is C32H24Cl2O6S. The summed E-state index contributed by atoms with van der Waals surface area (Å²) in [7, 11) is -4.03. The molecule has 6 nitrogen and oxygen atoms in total. The number of carbonyl (C=O) groups is 2. The maximum absolute atomic E-state index is 14.4. The third kappa shape index (κ3) is 7.52. The van der Waals surface area contributed by atoms with E-state index >= 15 is 0 Å². The van der Waals surface area contributed by atoms with Gasteiger partial charge in [-0.1, -0.05) is 96.0 Å². The lowest BCUT2D eigenvalue weighted by Gasteiger charge is -2.22. The van der Waals surface area contributed by atoms with Gasteiger partial charge >= 0.3 is 11.9 Å². The highest BCUT2D eigenvalue weighted by molar-refractivity contribution is 7.92. The topological polar surface area (TPSA) is 109 Å². The van der Waals surface area contributed by atoms with Gasteiger partial charge in [-0.2, -0.15) is 0 Å². The predicted octanol–water partition coefficient (Wildman–Crippen LogP) is 8.01. The quantitative estimate of drug-likeness (QED) is 0.189. The molecule has 0 aliphatic rings. The predicted molar refractivity (Wildman–Crippen MR) is 162 cm³/mol. The van der Waals surface area contributed by atoms with Crippen LogP contribution in [0.15, 0.2) is 109 Å². The Kier molecular flexibility index (Phi) is 9.45. The van der Waals surface area contributed by atoms with Crippen LogP contribution in [0.5, 0.6) is 0 Å². The first-order chi connectivity index (χ1) is 19.5. The Labute approximate surface area is 247 Å². The Morgan fingerprint density at radius 2 is 0.878 bits per heavy atom. The van der Waals surface area contributed by atoms with Gasteiger partial charge in [0, 0.05) is 10.0 Å². The molecule has 0 saturated carbocycles. The second kappa shape index (κ2) is 13.0. The molecule has 41 heavy (non-hydrogen) atoms. The maximum Gasteiger partial charge on any atom is 0.335 e. The van der Waals surface area contributed by atoms with Gasteiger partial charge in [-0.3, -0.25) is 0 Å². The first-order valence-electron chi connectivity index (χ1n) is 12.3. The van der Waals surface area contributed by atoms with Gasteiger partial charge in [-0.15, -0.1) is 0 Å². The van der Waals surface area contributed by atoms with E-state index in [1.807, 2.05) is 0 Å². The lowest BCUT2D eigenvalue weighted by atomic mass is 10.1. The molecule has 4 rings (SSSR count). The van der Waals surface area contributed by atoms with Crippen molar-refractivity contribution in [1.82, 2.24) is 0 Å². The molecule has 4 aromatic carbocycles. The number of aromatic carboxylic acids is 2. The van der Waals surface area contributed by atoms with Crippen molar-refractivity contribution in [2.45, 2.75) is 10.5 Å². The Hall–Kier alpha value is -4.17. The van der Waals surface area contributed by atoms with Crippen LogP contribution in [-0.4, -0.2) is 30.6 Å². The minimum atomic E-state index is -4.03. The number of carboxylic acid groups (broad SMARTS) is 2. The standard InChI is InChI=1S/C32H24Cl2O6S/c33-27-15-11-23(12-16-27)29(19-5-21-1-7-25(8-2-21)31(35)36)41(39,40)30(24-13-17-28(34)18-14-24)20-6-22-3-9-26(10-4-22)32(37)38/h1-20,29-30H,(H,35,36)(H,37,38)/b19-5+,20-6?. The minimum Gasteiger partial charge on any atom is -0.478 e. The fourth-order valence-corrected chi connectivity index (χ4v) is 6.39. The summed E-state index contributed by atoms with van der Waals surface area (Å²) < 4.78 is 28.8. The molecule has 0 heterocycles. The summed E-state index contributed by atoms with van der Waals surface area (Å²) in [6, 6.07) is 25.3. The molecule has 0 fully saturated rings. The zero-order valence-corrected chi connectivity index (χ0v) is 23.7. The molecule has 0 aliphatic carbocycles. The van der Waals surface area contributed by atoms with Crippen LogP contribution < -0.4 is 0 Å². The molecule has 2 unspecified atom stereocenters. The second-order valence-electron chi connectivity index (χ2n) is 9.11. The van der Waals surface area contributed by atoms with Gasteiger partial charge in [0.15, 0.2) is 9.84 Å². The SMILES string of the molecule is O=C(O)c1ccc(C=CC(c2ccc(Cl)cc2)S(=O)(=O)C(/C=C/c2ccc(C(=O)O)cc2)c2ccc(Cl)cc2)cc1. The second-order valence-corrected chi connectivity index (χ2v) is 12.2. The lowest BCUT2D eigenvalue weighted by Crippen LogP contribution is -2.19. The van der Waals surface area contributed by atoms with Crippen LogP contribution in [0.4, 0.5) is 0 Å². The summed E-state index contributed by atoms with van der Waals surface area (Å²) in [4.78, 5) is 22.4. The number of benzene rings is 4. The van der Waals surface area contributed by atoms with Gasteiger partial charge in [-0.05, 0) is 70.8 Å². The van der Waals surface area contributed by atoms with Gasteiger partial charge in [-0.25, -0.2) is 18.0 Å². The van der Waals surface area contributed by atoms with Crippen LogP contribution in [0, 0.1) is 0 Å². The van der Waals surface area contributed by atoms with Gasteiger partial charge in [0.1, 0.15) is 10.5 Å². The molecule has 208 valence electrons. The minimum absolute atomic E-state index is 0.119. The van der Waals surface area contributed by atoms with E-state index in [9.17, 15) is 28.2 Å². The van der Waals surface area contributed by atoms with E-state index in [-0.39, 0.29) is 11.1 Å². The highest BCUT2D eigenvalue weighted by Gasteiger charge is 2.33. The number of carboxylic acids is 2.